The number of carbonyl (C=O) groups is 1. The average Bonchev–Trinajstić information content (AvgIpc) is 2.29. The predicted molar refractivity (Wildman–Crippen MR) is 72.6 cm³/mol. The van der Waals surface area contributed by atoms with Gasteiger partial charge in [-0.15, -0.1) is 0 Å². The zero-order chi connectivity index (χ0) is 13.7. The monoisotopic (exact) mass is 290 g/mol. The molecule has 0 aliphatic heterocycles. The van der Waals surface area contributed by atoms with Crippen molar-refractivity contribution in [2.45, 2.75) is 32.8 Å². The fourth-order valence-electron chi connectivity index (χ4n) is 1.51. The van der Waals surface area contributed by atoms with Crippen LogP contribution in [0.2, 0.25) is 10.0 Å². The number of esters is 1. The minimum atomic E-state index is -0.276. The molecule has 0 heterocycles. The summed E-state index contributed by atoms with van der Waals surface area (Å²) in [4.78, 5) is 11.2. The number of ether oxygens (including phenoxy) is 2. The van der Waals surface area contributed by atoms with E-state index in [0.29, 0.717) is 22.2 Å². The Labute approximate surface area is 117 Å². The quantitative estimate of drug-likeness (QED) is 0.772. The van der Waals surface area contributed by atoms with Gasteiger partial charge >= 0.3 is 5.97 Å². The molecule has 0 N–H and O–H groups in total. The first-order valence-corrected chi connectivity index (χ1v) is 6.41. The van der Waals surface area contributed by atoms with Crippen molar-refractivity contribution in [2.24, 2.45) is 0 Å². The summed E-state index contributed by atoms with van der Waals surface area (Å²) in [5, 5.41) is 0.979. The van der Waals surface area contributed by atoms with Gasteiger partial charge in [0.2, 0.25) is 0 Å². The van der Waals surface area contributed by atoms with E-state index >= 15 is 0 Å². The number of benzene rings is 1. The van der Waals surface area contributed by atoms with E-state index in [1.54, 1.807) is 12.1 Å². The number of halogens is 2. The molecule has 0 aliphatic rings. The molecule has 0 spiro atoms. The molecular formula is C13H16Cl2O3. The van der Waals surface area contributed by atoms with Gasteiger partial charge in [0.25, 0.3) is 0 Å². The third kappa shape index (κ3) is 4.39. The molecule has 100 valence electrons. The van der Waals surface area contributed by atoms with Crippen LogP contribution in [0.3, 0.4) is 0 Å². The Morgan fingerprint density at radius 1 is 1.33 bits per heavy atom. The van der Waals surface area contributed by atoms with E-state index < -0.39 is 0 Å². The summed E-state index contributed by atoms with van der Waals surface area (Å²) >= 11 is 12.1. The van der Waals surface area contributed by atoms with Crippen molar-refractivity contribution < 1.29 is 14.3 Å². The Kier molecular flexibility index (Phi) is 5.76. The van der Waals surface area contributed by atoms with Crippen LogP contribution in [0, 0.1) is 0 Å². The summed E-state index contributed by atoms with van der Waals surface area (Å²) in [7, 11) is 1.36. The van der Waals surface area contributed by atoms with Crippen LogP contribution >= 0.6 is 23.2 Å². The molecule has 0 unspecified atom stereocenters. The first-order valence-electron chi connectivity index (χ1n) is 5.65. The van der Waals surface area contributed by atoms with Crippen molar-refractivity contribution in [3.05, 3.63) is 27.7 Å². The largest absolute Gasteiger partial charge is 0.489 e. The summed E-state index contributed by atoms with van der Waals surface area (Å²) in [6, 6.07) is 3.39. The lowest BCUT2D eigenvalue weighted by molar-refractivity contribution is -0.140. The summed E-state index contributed by atoms with van der Waals surface area (Å²) in [6.45, 7) is 3.82. The van der Waals surface area contributed by atoms with E-state index in [0.717, 1.165) is 5.56 Å². The van der Waals surface area contributed by atoms with Crippen LogP contribution in [-0.2, 0) is 16.0 Å². The second-order valence-electron chi connectivity index (χ2n) is 4.12. The summed E-state index contributed by atoms with van der Waals surface area (Å²) in [5.74, 6) is 0.307. The van der Waals surface area contributed by atoms with Gasteiger partial charge in [0.05, 0.1) is 18.2 Å². The molecule has 0 bridgehead atoms. The van der Waals surface area contributed by atoms with Gasteiger partial charge in [0.1, 0.15) is 5.75 Å². The molecule has 0 aromatic heterocycles. The Balaban J connectivity index is 2.95. The van der Waals surface area contributed by atoms with E-state index in [4.69, 9.17) is 27.9 Å². The zero-order valence-corrected chi connectivity index (χ0v) is 12.1. The van der Waals surface area contributed by atoms with Crippen LogP contribution in [0.15, 0.2) is 12.1 Å². The van der Waals surface area contributed by atoms with Crippen molar-refractivity contribution in [2.75, 3.05) is 7.11 Å². The van der Waals surface area contributed by atoms with Gasteiger partial charge < -0.3 is 9.47 Å². The number of aryl methyl sites for hydroxylation is 1. The summed E-state index contributed by atoms with van der Waals surface area (Å²) < 4.78 is 10.3. The Bertz CT molecular complexity index is 430. The molecule has 1 aromatic rings. The molecule has 5 heteroatoms. The highest BCUT2D eigenvalue weighted by Gasteiger charge is 2.13. The molecule has 1 rings (SSSR count). The first-order chi connectivity index (χ1) is 8.43. The van der Waals surface area contributed by atoms with Gasteiger partial charge in [0.15, 0.2) is 0 Å². The highest BCUT2D eigenvalue weighted by Crippen LogP contribution is 2.34. The second-order valence-corrected chi connectivity index (χ2v) is 4.96. The summed E-state index contributed by atoms with van der Waals surface area (Å²) in [5.41, 5.74) is 0.812. The van der Waals surface area contributed by atoms with E-state index in [9.17, 15) is 4.79 Å². The topological polar surface area (TPSA) is 35.5 Å². The van der Waals surface area contributed by atoms with Crippen LogP contribution in [0.1, 0.15) is 25.8 Å². The molecule has 0 atom stereocenters. The number of hydrogen-bond acceptors (Lipinski definition) is 3. The fourth-order valence-corrected chi connectivity index (χ4v) is 2.09. The highest BCUT2D eigenvalue weighted by atomic mass is 35.5. The third-order valence-corrected chi connectivity index (χ3v) is 2.76. The number of rotatable bonds is 5. The second kappa shape index (κ2) is 6.86. The SMILES string of the molecule is COC(=O)CCc1cc(Cl)cc(Cl)c1OC(C)C. The molecule has 3 nitrogen and oxygen atoms in total. The normalized spacial score (nSPS) is 10.6. The third-order valence-electron chi connectivity index (χ3n) is 2.26. The lowest BCUT2D eigenvalue weighted by Gasteiger charge is -2.16. The van der Waals surface area contributed by atoms with Crippen molar-refractivity contribution in [3.8, 4) is 5.75 Å². The smallest absolute Gasteiger partial charge is 0.305 e. The zero-order valence-electron chi connectivity index (χ0n) is 10.6. The van der Waals surface area contributed by atoms with Gasteiger partial charge in [-0.05, 0) is 38.0 Å². The van der Waals surface area contributed by atoms with Gasteiger partial charge in [0, 0.05) is 11.4 Å². The Morgan fingerprint density at radius 3 is 2.56 bits per heavy atom. The van der Waals surface area contributed by atoms with Crippen molar-refractivity contribution >= 4 is 29.2 Å². The maximum atomic E-state index is 11.2. The van der Waals surface area contributed by atoms with Gasteiger partial charge in [-0.1, -0.05) is 23.2 Å². The minimum absolute atomic E-state index is 0.000511. The van der Waals surface area contributed by atoms with Crippen LogP contribution in [0.25, 0.3) is 0 Å². The van der Waals surface area contributed by atoms with Crippen LogP contribution in [0.5, 0.6) is 5.75 Å². The Hall–Kier alpha value is -0.930. The van der Waals surface area contributed by atoms with Crippen molar-refractivity contribution in [1.82, 2.24) is 0 Å². The maximum Gasteiger partial charge on any atom is 0.305 e. The van der Waals surface area contributed by atoms with E-state index in [1.165, 1.54) is 7.11 Å². The molecule has 0 saturated carbocycles. The van der Waals surface area contributed by atoms with E-state index in [1.807, 2.05) is 13.8 Å². The molecule has 18 heavy (non-hydrogen) atoms. The van der Waals surface area contributed by atoms with Crippen LogP contribution < -0.4 is 4.74 Å². The molecule has 0 amide bonds. The summed E-state index contributed by atoms with van der Waals surface area (Å²) in [6.07, 6.45) is 0.747. The number of methoxy groups -OCH3 is 1. The van der Waals surface area contributed by atoms with Gasteiger partial charge in [-0.2, -0.15) is 0 Å². The minimum Gasteiger partial charge on any atom is -0.489 e. The van der Waals surface area contributed by atoms with Crippen molar-refractivity contribution in [3.63, 3.8) is 0 Å². The Morgan fingerprint density at radius 2 is 2.00 bits per heavy atom. The van der Waals surface area contributed by atoms with E-state index in [2.05, 4.69) is 4.74 Å². The number of hydrogen-bond donors (Lipinski definition) is 0. The highest BCUT2D eigenvalue weighted by molar-refractivity contribution is 6.35. The van der Waals surface area contributed by atoms with Crippen LogP contribution in [-0.4, -0.2) is 19.2 Å². The number of carbonyl (C=O) groups excluding carboxylic acids is 1. The molecule has 0 saturated heterocycles. The molecule has 0 radical (unpaired) electrons. The first kappa shape index (κ1) is 15.1. The maximum absolute atomic E-state index is 11.2. The van der Waals surface area contributed by atoms with Crippen molar-refractivity contribution in [1.29, 1.82) is 0 Å². The fraction of sp³-hybridized carbons (Fsp3) is 0.462. The molecule has 0 fully saturated rings. The van der Waals surface area contributed by atoms with Gasteiger partial charge in [-0.3, -0.25) is 4.79 Å². The molecular weight excluding hydrogens is 275 g/mol. The average molecular weight is 291 g/mol. The van der Waals surface area contributed by atoms with Gasteiger partial charge in [-0.25, -0.2) is 0 Å². The lowest BCUT2D eigenvalue weighted by atomic mass is 10.1. The molecule has 1 aromatic carbocycles. The standard InChI is InChI=1S/C13H16Cl2O3/c1-8(2)18-13-9(4-5-12(16)17-3)6-10(14)7-11(13)15/h6-8H,4-5H2,1-3H3. The predicted octanol–water partition coefficient (Wildman–Crippen LogP) is 3.89. The van der Waals surface area contributed by atoms with Crippen LogP contribution in [0.4, 0.5) is 0 Å². The molecule has 0 aliphatic carbocycles. The van der Waals surface area contributed by atoms with E-state index in [-0.39, 0.29) is 18.5 Å². The lowest BCUT2D eigenvalue weighted by Crippen LogP contribution is -2.09.